The number of nitrogens with one attached hydrogen (secondary N) is 1. The van der Waals surface area contributed by atoms with Crippen LogP contribution in [0.5, 0.6) is 5.75 Å². The number of methoxy groups -OCH3 is 1. The molecule has 0 fully saturated rings. The zero-order chi connectivity index (χ0) is 26.7. The molecule has 0 saturated heterocycles. The lowest BCUT2D eigenvalue weighted by Gasteiger charge is -2.31. The predicted octanol–water partition coefficient (Wildman–Crippen LogP) is 3.71. The first-order valence-corrected chi connectivity index (χ1v) is 13.9. The van der Waals surface area contributed by atoms with Crippen molar-refractivity contribution in [3.05, 3.63) is 59.9 Å². The lowest BCUT2D eigenvalue weighted by molar-refractivity contribution is -0.141. The Morgan fingerprint density at radius 1 is 1.06 bits per heavy atom. The molecular weight excluding hydrogens is 485 g/mol. The Kier molecular flexibility index (Phi) is 11.2. The van der Waals surface area contributed by atoms with Gasteiger partial charge < -0.3 is 15.0 Å². The number of ether oxygens (including phenoxy) is 1. The van der Waals surface area contributed by atoms with Gasteiger partial charge in [0.25, 0.3) is 0 Å². The minimum Gasteiger partial charge on any atom is -0.497 e. The Hall–Kier alpha value is -3.14. The van der Waals surface area contributed by atoms with Crippen LogP contribution < -0.4 is 14.4 Å². The monoisotopic (exact) mass is 521 g/mol. The van der Waals surface area contributed by atoms with Crippen molar-refractivity contribution in [3.63, 3.8) is 0 Å². The van der Waals surface area contributed by atoms with E-state index in [0.717, 1.165) is 12.7 Å². The molecular formula is C26H36FN3O5S. The highest BCUT2D eigenvalue weighted by Crippen LogP contribution is 2.22. The van der Waals surface area contributed by atoms with Crippen LogP contribution in [-0.2, 0) is 26.2 Å². The molecule has 2 aromatic rings. The van der Waals surface area contributed by atoms with Gasteiger partial charge in [0.1, 0.15) is 17.6 Å². The number of amides is 2. The number of hydrogen-bond donors (Lipinski definition) is 1. The van der Waals surface area contributed by atoms with E-state index in [1.54, 1.807) is 36.4 Å². The summed E-state index contributed by atoms with van der Waals surface area (Å²) in [6.45, 7) is 4.51. The van der Waals surface area contributed by atoms with E-state index in [-0.39, 0.29) is 43.6 Å². The molecule has 0 spiro atoms. The molecule has 0 unspecified atom stereocenters. The summed E-state index contributed by atoms with van der Waals surface area (Å²) in [6.07, 6.45) is 2.58. The highest BCUT2D eigenvalue weighted by molar-refractivity contribution is 7.92. The van der Waals surface area contributed by atoms with Crippen LogP contribution in [0.15, 0.2) is 48.5 Å². The Morgan fingerprint density at radius 3 is 2.22 bits per heavy atom. The molecule has 36 heavy (non-hydrogen) atoms. The smallest absolute Gasteiger partial charge is 0.242 e. The van der Waals surface area contributed by atoms with Crippen LogP contribution in [0.2, 0.25) is 0 Å². The quantitative estimate of drug-likeness (QED) is 0.409. The van der Waals surface area contributed by atoms with Gasteiger partial charge in [-0.05, 0) is 61.2 Å². The van der Waals surface area contributed by atoms with E-state index < -0.39 is 16.1 Å². The number of halogens is 1. The van der Waals surface area contributed by atoms with Crippen LogP contribution in [0.3, 0.4) is 0 Å². The van der Waals surface area contributed by atoms with E-state index in [4.69, 9.17) is 4.74 Å². The van der Waals surface area contributed by atoms with Crippen molar-refractivity contribution in [2.45, 2.75) is 52.1 Å². The van der Waals surface area contributed by atoms with E-state index in [1.165, 1.54) is 28.4 Å². The minimum absolute atomic E-state index is 0.0426. The molecule has 2 aromatic carbocycles. The molecule has 2 amide bonds. The highest BCUT2D eigenvalue weighted by Gasteiger charge is 2.28. The molecule has 1 atom stereocenters. The minimum atomic E-state index is -3.59. The third-order valence-electron chi connectivity index (χ3n) is 5.71. The average Bonchev–Trinajstić information content (AvgIpc) is 2.85. The topological polar surface area (TPSA) is 96.0 Å². The fourth-order valence-electron chi connectivity index (χ4n) is 3.82. The maximum Gasteiger partial charge on any atom is 0.242 e. The van der Waals surface area contributed by atoms with Crippen LogP contribution >= 0.6 is 0 Å². The third kappa shape index (κ3) is 8.51. The number of anilines is 1. The van der Waals surface area contributed by atoms with Crippen molar-refractivity contribution in [2.75, 3.05) is 30.8 Å². The molecule has 10 heteroatoms. The number of rotatable bonds is 14. The molecule has 0 aliphatic rings. The summed E-state index contributed by atoms with van der Waals surface area (Å²) in [5, 5.41) is 2.85. The standard InChI is InChI=1S/C26H36FN3O5S/c1-5-17-28-26(32)24(6-2)29(19-20-9-11-21(27)12-10-20)25(31)8-7-18-30(36(4,33)34)22-13-15-23(35-3)16-14-22/h9-16,24H,5-8,17-19H2,1-4H3,(H,28,32)/t24-/m1/s1. The molecule has 0 heterocycles. The molecule has 2 rings (SSSR count). The van der Waals surface area contributed by atoms with Gasteiger partial charge >= 0.3 is 0 Å². The average molecular weight is 522 g/mol. The van der Waals surface area contributed by atoms with Gasteiger partial charge in [-0.25, -0.2) is 12.8 Å². The van der Waals surface area contributed by atoms with Gasteiger partial charge in [0.15, 0.2) is 0 Å². The van der Waals surface area contributed by atoms with Crippen LogP contribution in [-0.4, -0.2) is 57.6 Å². The fourth-order valence-corrected chi connectivity index (χ4v) is 4.79. The summed E-state index contributed by atoms with van der Waals surface area (Å²) >= 11 is 0. The van der Waals surface area contributed by atoms with Crippen molar-refractivity contribution in [1.82, 2.24) is 10.2 Å². The highest BCUT2D eigenvalue weighted by atomic mass is 32.2. The zero-order valence-corrected chi connectivity index (χ0v) is 22.2. The van der Waals surface area contributed by atoms with Crippen LogP contribution in [0.4, 0.5) is 10.1 Å². The van der Waals surface area contributed by atoms with Gasteiger partial charge in [0, 0.05) is 26.1 Å². The summed E-state index contributed by atoms with van der Waals surface area (Å²) in [4.78, 5) is 27.6. The van der Waals surface area contributed by atoms with E-state index in [9.17, 15) is 22.4 Å². The number of carbonyl (C=O) groups is 2. The normalized spacial score (nSPS) is 12.0. The lowest BCUT2D eigenvalue weighted by Crippen LogP contribution is -2.49. The number of carbonyl (C=O) groups excluding carboxylic acids is 2. The number of sulfonamides is 1. The molecule has 0 aromatic heterocycles. The van der Waals surface area contributed by atoms with Gasteiger partial charge in [-0.3, -0.25) is 13.9 Å². The SMILES string of the molecule is CCCNC(=O)[C@@H](CC)N(Cc1ccc(F)cc1)C(=O)CCCN(c1ccc(OC)cc1)S(C)(=O)=O. The van der Waals surface area contributed by atoms with E-state index in [0.29, 0.717) is 30.0 Å². The molecule has 8 nitrogen and oxygen atoms in total. The molecule has 1 N–H and O–H groups in total. The summed E-state index contributed by atoms with van der Waals surface area (Å²) in [5.74, 6) is -0.304. The molecule has 198 valence electrons. The van der Waals surface area contributed by atoms with E-state index in [2.05, 4.69) is 5.32 Å². The van der Waals surface area contributed by atoms with Crippen molar-refractivity contribution in [1.29, 1.82) is 0 Å². The largest absolute Gasteiger partial charge is 0.497 e. The van der Waals surface area contributed by atoms with Gasteiger partial charge in [-0.15, -0.1) is 0 Å². The molecule has 0 bridgehead atoms. The summed E-state index contributed by atoms with van der Waals surface area (Å²) in [5.41, 5.74) is 1.17. The maximum absolute atomic E-state index is 13.4. The summed E-state index contributed by atoms with van der Waals surface area (Å²) < 4.78 is 44.6. The fraction of sp³-hybridized carbons (Fsp3) is 0.462. The number of benzene rings is 2. The first kappa shape index (κ1) is 29.1. The van der Waals surface area contributed by atoms with Crippen molar-refractivity contribution in [3.8, 4) is 5.75 Å². The predicted molar refractivity (Wildman–Crippen MR) is 139 cm³/mol. The Balaban J connectivity index is 2.18. The summed E-state index contributed by atoms with van der Waals surface area (Å²) in [7, 11) is -2.06. The second-order valence-corrected chi connectivity index (χ2v) is 10.4. The molecule has 0 radical (unpaired) electrons. The van der Waals surface area contributed by atoms with Crippen molar-refractivity contribution in [2.24, 2.45) is 0 Å². The molecule has 0 aliphatic carbocycles. The maximum atomic E-state index is 13.4. The lowest BCUT2D eigenvalue weighted by atomic mass is 10.1. The molecule has 0 saturated carbocycles. The Bertz CT molecular complexity index is 1090. The van der Waals surface area contributed by atoms with E-state index >= 15 is 0 Å². The van der Waals surface area contributed by atoms with Crippen LogP contribution in [0.1, 0.15) is 45.1 Å². The zero-order valence-electron chi connectivity index (χ0n) is 21.4. The Morgan fingerprint density at radius 2 is 1.69 bits per heavy atom. The van der Waals surface area contributed by atoms with Gasteiger partial charge in [-0.2, -0.15) is 0 Å². The van der Waals surface area contributed by atoms with E-state index in [1.807, 2.05) is 13.8 Å². The van der Waals surface area contributed by atoms with Crippen LogP contribution in [0.25, 0.3) is 0 Å². The van der Waals surface area contributed by atoms with Crippen molar-refractivity contribution >= 4 is 27.5 Å². The first-order valence-electron chi connectivity index (χ1n) is 12.0. The second-order valence-electron chi connectivity index (χ2n) is 8.50. The first-order chi connectivity index (χ1) is 17.1. The number of hydrogen-bond acceptors (Lipinski definition) is 5. The third-order valence-corrected chi connectivity index (χ3v) is 6.91. The van der Waals surface area contributed by atoms with Gasteiger partial charge in [0.2, 0.25) is 21.8 Å². The van der Waals surface area contributed by atoms with Crippen LogP contribution in [0, 0.1) is 5.82 Å². The van der Waals surface area contributed by atoms with Gasteiger partial charge in [0.05, 0.1) is 19.1 Å². The Labute approximate surface area is 213 Å². The summed E-state index contributed by atoms with van der Waals surface area (Å²) in [6, 6.07) is 11.7. The number of nitrogens with zero attached hydrogens (tertiary/aromatic N) is 2. The van der Waals surface area contributed by atoms with Gasteiger partial charge in [-0.1, -0.05) is 26.0 Å². The second kappa shape index (κ2) is 13.8. The molecule has 0 aliphatic heterocycles. The van der Waals surface area contributed by atoms with Crippen molar-refractivity contribution < 1.29 is 27.1 Å².